The van der Waals surface area contributed by atoms with Gasteiger partial charge in [0, 0.05) is 19.4 Å². The van der Waals surface area contributed by atoms with Crippen LogP contribution in [0.3, 0.4) is 0 Å². The zero-order chi connectivity index (χ0) is 44.9. The Balaban J connectivity index is 4.43. The first kappa shape index (κ1) is 58.6. The number of carbonyl (C=O) groups is 2. The van der Waals surface area contributed by atoms with E-state index in [4.69, 9.17) is 14.2 Å². The van der Waals surface area contributed by atoms with Gasteiger partial charge in [-0.3, -0.25) is 9.59 Å². The van der Waals surface area contributed by atoms with E-state index in [0.717, 1.165) is 122 Å². The number of hydrogen-bond acceptors (Lipinski definition) is 5. The second kappa shape index (κ2) is 51.9. The van der Waals surface area contributed by atoms with Crippen LogP contribution in [-0.2, 0) is 23.8 Å². The van der Waals surface area contributed by atoms with Gasteiger partial charge in [-0.05, 0) is 122 Å². The molecule has 0 aromatic rings. The van der Waals surface area contributed by atoms with Crippen molar-refractivity contribution in [1.29, 1.82) is 0 Å². The van der Waals surface area contributed by atoms with Crippen LogP contribution in [0.25, 0.3) is 0 Å². The monoisotopic (exact) mass is 859 g/mol. The minimum absolute atomic E-state index is 0.0413. The molecule has 0 N–H and O–H groups in total. The number of rotatable bonds is 45. The van der Waals surface area contributed by atoms with Crippen LogP contribution < -0.4 is 0 Å². The van der Waals surface area contributed by atoms with Crippen molar-refractivity contribution >= 4 is 11.9 Å². The molecule has 0 aliphatic rings. The molecule has 0 saturated carbocycles. The Morgan fingerprint density at radius 3 is 1.21 bits per heavy atom. The van der Waals surface area contributed by atoms with Crippen molar-refractivity contribution < 1.29 is 23.8 Å². The van der Waals surface area contributed by atoms with Crippen LogP contribution in [0.15, 0.2) is 109 Å². The SMILES string of the molecule is CC/C=C\C/C=C\C/C=C\C/C=C\CCCCCOCC(COC(=O)CCCC/C=C\C/C=C\C/C=C\C/C=C\CC)OC(=O)CCCCCCC/C=C\CCCCCCCC. The Bertz CT molecular complexity index is 1250. The molecule has 0 heterocycles. The molecule has 5 nitrogen and oxygen atoms in total. The minimum atomic E-state index is -0.580. The van der Waals surface area contributed by atoms with Gasteiger partial charge in [-0.1, -0.05) is 188 Å². The first-order valence-electron chi connectivity index (χ1n) is 25.4. The molecule has 0 saturated heterocycles. The molecule has 62 heavy (non-hydrogen) atoms. The van der Waals surface area contributed by atoms with Gasteiger partial charge in [-0.25, -0.2) is 0 Å². The summed E-state index contributed by atoms with van der Waals surface area (Å²) in [5.74, 6) is -0.479. The maximum absolute atomic E-state index is 12.8. The smallest absolute Gasteiger partial charge is 0.306 e. The van der Waals surface area contributed by atoms with Crippen molar-refractivity contribution in [2.45, 2.75) is 219 Å². The molecule has 0 rings (SSSR count). The fourth-order valence-corrected chi connectivity index (χ4v) is 6.54. The fourth-order valence-electron chi connectivity index (χ4n) is 6.54. The lowest BCUT2D eigenvalue weighted by Gasteiger charge is -2.18. The summed E-state index contributed by atoms with van der Waals surface area (Å²) in [5.41, 5.74) is 0. The largest absolute Gasteiger partial charge is 0.462 e. The third-order valence-corrected chi connectivity index (χ3v) is 10.3. The van der Waals surface area contributed by atoms with E-state index in [-0.39, 0.29) is 25.2 Å². The zero-order valence-electron chi connectivity index (χ0n) is 40.3. The van der Waals surface area contributed by atoms with Crippen molar-refractivity contribution in [3.05, 3.63) is 109 Å². The highest BCUT2D eigenvalue weighted by atomic mass is 16.6. The van der Waals surface area contributed by atoms with Gasteiger partial charge >= 0.3 is 11.9 Å². The van der Waals surface area contributed by atoms with E-state index in [1.54, 1.807) is 0 Å². The Kier molecular flexibility index (Phi) is 49.0. The lowest BCUT2D eigenvalue weighted by Crippen LogP contribution is -2.30. The lowest BCUT2D eigenvalue weighted by atomic mass is 10.1. The van der Waals surface area contributed by atoms with E-state index in [0.29, 0.717) is 19.4 Å². The predicted octanol–water partition coefficient (Wildman–Crippen LogP) is 17.2. The normalized spacial score (nSPS) is 13.1. The second-order valence-electron chi connectivity index (χ2n) is 16.3. The molecule has 0 aromatic heterocycles. The van der Waals surface area contributed by atoms with Crippen LogP contribution in [0.1, 0.15) is 213 Å². The minimum Gasteiger partial charge on any atom is -0.462 e. The van der Waals surface area contributed by atoms with Crippen LogP contribution in [0, 0.1) is 0 Å². The van der Waals surface area contributed by atoms with Gasteiger partial charge in [0.05, 0.1) is 6.61 Å². The Morgan fingerprint density at radius 1 is 0.371 bits per heavy atom. The van der Waals surface area contributed by atoms with Gasteiger partial charge in [0.2, 0.25) is 0 Å². The van der Waals surface area contributed by atoms with Crippen LogP contribution in [-0.4, -0.2) is 37.9 Å². The van der Waals surface area contributed by atoms with Crippen LogP contribution in [0.5, 0.6) is 0 Å². The van der Waals surface area contributed by atoms with E-state index < -0.39 is 6.10 Å². The number of ether oxygens (including phenoxy) is 3. The molecule has 0 bridgehead atoms. The third-order valence-electron chi connectivity index (χ3n) is 10.3. The lowest BCUT2D eigenvalue weighted by molar-refractivity contribution is -0.163. The highest BCUT2D eigenvalue weighted by molar-refractivity contribution is 5.70. The second-order valence-corrected chi connectivity index (χ2v) is 16.3. The summed E-state index contributed by atoms with van der Waals surface area (Å²) in [6.07, 6.45) is 71.0. The summed E-state index contributed by atoms with van der Waals surface area (Å²) in [4.78, 5) is 25.4. The van der Waals surface area contributed by atoms with Gasteiger partial charge < -0.3 is 14.2 Å². The Labute approximate surface area is 383 Å². The summed E-state index contributed by atoms with van der Waals surface area (Å²) in [6, 6.07) is 0. The van der Waals surface area contributed by atoms with Crippen LogP contribution >= 0.6 is 0 Å². The van der Waals surface area contributed by atoms with Crippen LogP contribution in [0.2, 0.25) is 0 Å². The molecular formula is C57H94O5. The zero-order valence-corrected chi connectivity index (χ0v) is 40.3. The molecule has 1 atom stereocenters. The molecule has 0 amide bonds. The standard InChI is InChI=1S/C57H94O5/c1-4-7-10-13-16-19-22-25-28-31-34-37-40-43-46-49-52-60-53-55(62-57(59)51-48-45-42-39-36-33-30-27-24-21-18-15-12-9-6-3)54-61-56(58)50-47-44-41-38-35-32-29-26-23-20-17-14-11-8-5-2/h7-8,10-11,16-17,19-20,25-30,34-35,37-38,55H,4-6,9,12-15,18,21-24,31-33,36,39-54H2,1-3H3/b10-7-,11-8-,19-16-,20-17-,28-25-,29-26-,30-27-,37-34-,38-35-. The summed E-state index contributed by atoms with van der Waals surface area (Å²) >= 11 is 0. The average molecular weight is 859 g/mol. The van der Waals surface area contributed by atoms with E-state index in [2.05, 4.69) is 130 Å². The number of unbranched alkanes of at least 4 members (excludes halogenated alkanes) is 16. The average Bonchev–Trinajstić information content (AvgIpc) is 3.27. The van der Waals surface area contributed by atoms with Gasteiger partial charge in [0.25, 0.3) is 0 Å². The molecule has 0 aliphatic carbocycles. The molecular weight excluding hydrogens is 765 g/mol. The van der Waals surface area contributed by atoms with Crippen LogP contribution in [0.4, 0.5) is 0 Å². The van der Waals surface area contributed by atoms with Crippen molar-refractivity contribution in [3.8, 4) is 0 Å². The number of hydrogen-bond donors (Lipinski definition) is 0. The molecule has 0 fully saturated rings. The Morgan fingerprint density at radius 2 is 0.726 bits per heavy atom. The first-order valence-corrected chi connectivity index (χ1v) is 25.4. The molecule has 352 valence electrons. The highest BCUT2D eigenvalue weighted by Crippen LogP contribution is 2.12. The molecule has 0 aromatic carbocycles. The summed E-state index contributed by atoms with van der Waals surface area (Å²) in [6.45, 7) is 7.46. The molecule has 0 spiro atoms. The van der Waals surface area contributed by atoms with E-state index >= 15 is 0 Å². The van der Waals surface area contributed by atoms with Crippen molar-refractivity contribution in [2.24, 2.45) is 0 Å². The number of esters is 2. The summed E-state index contributed by atoms with van der Waals surface area (Å²) < 4.78 is 17.3. The fraction of sp³-hybridized carbons (Fsp3) is 0.649. The molecule has 1 unspecified atom stereocenters. The summed E-state index contributed by atoms with van der Waals surface area (Å²) in [5, 5.41) is 0. The van der Waals surface area contributed by atoms with E-state index in [9.17, 15) is 9.59 Å². The maximum atomic E-state index is 12.8. The van der Waals surface area contributed by atoms with Gasteiger partial charge in [0.1, 0.15) is 6.61 Å². The van der Waals surface area contributed by atoms with E-state index in [1.165, 1.54) is 57.8 Å². The summed E-state index contributed by atoms with van der Waals surface area (Å²) in [7, 11) is 0. The highest BCUT2D eigenvalue weighted by Gasteiger charge is 2.17. The van der Waals surface area contributed by atoms with E-state index in [1.807, 2.05) is 0 Å². The quantitative estimate of drug-likeness (QED) is 0.0347. The molecule has 0 radical (unpaired) electrons. The topological polar surface area (TPSA) is 61.8 Å². The maximum Gasteiger partial charge on any atom is 0.306 e. The Hall–Kier alpha value is -3.44. The van der Waals surface area contributed by atoms with Gasteiger partial charge in [0.15, 0.2) is 6.10 Å². The number of carbonyl (C=O) groups excluding carboxylic acids is 2. The molecule has 0 aliphatic heterocycles. The van der Waals surface area contributed by atoms with Crippen molar-refractivity contribution in [1.82, 2.24) is 0 Å². The van der Waals surface area contributed by atoms with Crippen molar-refractivity contribution in [2.75, 3.05) is 19.8 Å². The third kappa shape index (κ3) is 49.2. The molecule has 5 heteroatoms. The van der Waals surface area contributed by atoms with Gasteiger partial charge in [-0.15, -0.1) is 0 Å². The number of allylic oxidation sites excluding steroid dienone is 18. The van der Waals surface area contributed by atoms with Crippen molar-refractivity contribution in [3.63, 3.8) is 0 Å². The van der Waals surface area contributed by atoms with Gasteiger partial charge in [-0.2, -0.15) is 0 Å². The predicted molar refractivity (Wildman–Crippen MR) is 269 cm³/mol. The first-order chi connectivity index (χ1) is 30.6.